The van der Waals surface area contributed by atoms with Crippen molar-refractivity contribution < 1.29 is 60.7 Å². The van der Waals surface area contributed by atoms with Gasteiger partial charge in [-0.25, -0.2) is 0 Å². The molecular weight excluding hydrogens is 329 g/mol. The van der Waals surface area contributed by atoms with Gasteiger partial charge in [-0.05, 0) is 13.3 Å². The number of ether oxygens (including phenoxy) is 3. The molecule has 6 nitrogen and oxygen atoms in total. The molecule has 1 aliphatic rings. The fourth-order valence-corrected chi connectivity index (χ4v) is 1.66. The van der Waals surface area contributed by atoms with E-state index in [1.54, 1.807) is 21.3 Å². The molecule has 0 aliphatic carbocycles. The summed E-state index contributed by atoms with van der Waals surface area (Å²) in [6.07, 6.45) is -0.217. The van der Waals surface area contributed by atoms with Gasteiger partial charge in [0.15, 0.2) is 0 Å². The van der Waals surface area contributed by atoms with Crippen molar-refractivity contribution in [3.8, 4) is 0 Å². The number of hydrogen-bond acceptors (Lipinski definition) is 5. The van der Waals surface area contributed by atoms with Crippen molar-refractivity contribution >= 4 is 0 Å². The molecule has 3 unspecified atom stereocenters. The molecule has 1 radical (unpaired) electrons. The van der Waals surface area contributed by atoms with Crippen molar-refractivity contribution in [3.05, 3.63) is 5.32 Å². The largest absolute Gasteiger partial charge is 3.00 e. The Balaban J connectivity index is -0.000000853. The maximum Gasteiger partial charge on any atom is 3.00 e. The van der Waals surface area contributed by atoms with Crippen molar-refractivity contribution in [2.75, 3.05) is 48.0 Å². The van der Waals surface area contributed by atoms with E-state index in [9.17, 15) is 0 Å². The normalized spacial score (nSPS) is 28.7. The Bertz CT molecular complexity index is 209. The minimum Gasteiger partial charge on any atom is -1.00 e. The second-order valence-electron chi connectivity index (χ2n) is 3.82. The minimum atomic E-state index is -0.151. The third kappa shape index (κ3) is 8.83. The Morgan fingerprint density at radius 2 is 1.74 bits per heavy atom. The summed E-state index contributed by atoms with van der Waals surface area (Å²) < 4.78 is 16.0. The van der Waals surface area contributed by atoms with Gasteiger partial charge in [0.25, 0.3) is 0 Å². The van der Waals surface area contributed by atoms with Gasteiger partial charge in [-0.3, -0.25) is 10.2 Å². The molecular formula is C10H22Cl2N3O3Ti. The first-order valence-electron chi connectivity index (χ1n) is 5.39. The van der Waals surface area contributed by atoms with Crippen molar-refractivity contribution in [2.45, 2.75) is 18.7 Å². The van der Waals surface area contributed by atoms with Gasteiger partial charge >= 0.3 is 21.7 Å². The molecule has 0 bridgehead atoms. The van der Waals surface area contributed by atoms with E-state index in [-0.39, 0.29) is 65.2 Å². The Morgan fingerprint density at radius 3 is 2.21 bits per heavy atom. The van der Waals surface area contributed by atoms with E-state index < -0.39 is 0 Å². The Morgan fingerprint density at radius 1 is 1.11 bits per heavy atom. The first-order valence-corrected chi connectivity index (χ1v) is 5.39. The van der Waals surface area contributed by atoms with Crippen LogP contribution < -0.4 is 30.1 Å². The van der Waals surface area contributed by atoms with Crippen LogP contribution >= 0.6 is 0 Å². The monoisotopic (exact) mass is 350 g/mol. The molecule has 0 aromatic rings. The van der Waals surface area contributed by atoms with Gasteiger partial charge in [-0.2, -0.15) is 0 Å². The van der Waals surface area contributed by atoms with E-state index in [4.69, 9.17) is 14.2 Å². The summed E-state index contributed by atoms with van der Waals surface area (Å²) >= 11 is 0. The molecule has 1 saturated heterocycles. The molecule has 1 N–H and O–H groups in total. The molecule has 1 rings (SSSR count). The van der Waals surface area contributed by atoms with Gasteiger partial charge in [0.2, 0.25) is 0 Å². The maximum atomic E-state index is 5.37. The summed E-state index contributed by atoms with van der Waals surface area (Å²) in [7, 11) is 7.02. The molecule has 113 valence electrons. The van der Waals surface area contributed by atoms with Crippen LogP contribution in [0.4, 0.5) is 0 Å². The van der Waals surface area contributed by atoms with Gasteiger partial charge in [-0.1, -0.05) is 0 Å². The molecule has 0 spiro atoms. The summed E-state index contributed by atoms with van der Waals surface area (Å²) in [5.41, 5.74) is 0. The third-order valence-corrected chi connectivity index (χ3v) is 2.76. The van der Waals surface area contributed by atoms with Gasteiger partial charge in [-0.15, -0.1) is 6.54 Å². The van der Waals surface area contributed by atoms with E-state index in [1.165, 1.54) is 0 Å². The topological polar surface area (TPSA) is 57.1 Å². The summed E-state index contributed by atoms with van der Waals surface area (Å²) in [5.74, 6) is 0. The van der Waals surface area contributed by atoms with Crippen LogP contribution in [0.25, 0.3) is 5.32 Å². The predicted molar refractivity (Wildman–Crippen MR) is 61.2 cm³/mol. The van der Waals surface area contributed by atoms with Gasteiger partial charge in [0, 0.05) is 34.4 Å². The average molecular weight is 351 g/mol. The molecule has 0 amide bonds. The molecule has 1 heterocycles. The number of halogens is 2. The fourth-order valence-electron chi connectivity index (χ4n) is 1.66. The summed E-state index contributed by atoms with van der Waals surface area (Å²) in [6, 6.07) is 0. The van der Waals surface area contributed by atoms with E-state index in [0.29, 0.717) is 13.1 Å². The van der Waals surface area contributed by atoms with Gasteiger partial charge < -0.3 is 44.3 Å². The number of nitrogens with one attached hydrogen (secondary N) is 1. The van der Waals surface area contributed by atoms with Crippen molar-refractivity contribution in [3.63, 3.8) is 0 Å². The van der Waals surface area contributed by atoms with E-state index in [1.807, 2.05) is 7.05 Å². The number of rotatable bonds is 3. The summed E-state index contributed by atoms with van der Waals surface area (Å²) in [4.78, 5) is 2.07. The summed E-state index contributed by atoms with van der Waals surface area (Å²) in [5, 5.41) is 7.68. The first kappa shape index (κ1) is 25.0. The van der Waals surface area contributed by atoms with Crippen molar-refractivity contribution in [2.24, 2.45) is 0 Å². The molecule has 1 fully saturated rings. The number of methoxy groups -OCH3 is 3. The third-order valence-electron chi connectivity index (χ3n) is 2.76. The molecule has 0 aromatic carbocycles. The predicted octanol–water partition coefficient (Wildman–Crippen LogP) is -6.18. The Hall–Kier alpha value is 1.05. The quantitative estimate of drug-likeness (QED) is 0.513. The van der Waals surface area contributed by atoms with Crippen LogP contribution in [0.2, 0.25) is 0 Å². The van der Waals surface area contributed by atoms with Crippen LogP contribution in [-0.2, 0) is 35.9 Å². The van der Waals surface area contributed by atoms with Crippen LogP contribution in [0.5, 0.6) is 0 Å². The van der Waals surface area contributed by atoms with Crippen molar-refractivity contribution in [1.82, 2.24) is 10.2 Å². The number of nitrogens with zero attached hydrogens (tertiary/aromatic N) is 2. The SMILES string of the molecule is COC1CNC(OC)CN(C)C(OC)C[N-]1.[Cl-].[Cl-].[Ti+3]. The maximum absolute atomic E-state index is 5.37. The van der Waals surface area contributed by atoms with Gasteiger partial charge in [0.1, 0.15) is 6.23 Å². The Kier molecular flexibility index (Phi) is 18.5. The van der Waals surface area contributed by atoms with Gasteiger partial charge in [0.05, 0.1) is 6.23 Å². The van der Waals surface area contributed by atoms with Crippen LogP contribution in [-0.4, -0.2) is 71.6 Å². The zero-order valence-electron chi connectivity index (χ0n) is 11.7. The average Bonchev–Trinajstić information content (AvgIpc) is 2.38. The molecule has 0 aromatic heterocycles. The standard InChI is InChI=1S/C10H22N3O3.2ClH.Ti/c1-13-7-9(15-3)11-5-8(14-2)12-6-10(13)16-4;;;/h8-11H,5-7H2,1-4H3;2*1H;/q-1;;;+3/p-2. The molecule has 9 heteroatoms. The fraction of sp³-hybridized carbons (Fsp3) is 1.00. The second kappa shape index (κ2) is 14.0. The molecule has 19 heavy (non-hydrogen) atoms. The molecule has 1 aliphatic heterocycles. The van der Waals surface area contributed by atoms with E-state index >= 15 is 0 Å². The number of likely N-dealkylation sites (N-methyl/N-ethyl adjacent to an activating group) is 1. The molecule has 3 atom stereocenters. The summed E-state index contributed by atoms with van der Waals surface area (Å²) in [6.45, 7) is 2.00. The zero-order valence-corrected chi connectivity index (χ0v) is 14.8. The van der Waals surface area contributed by atoms with Crippen LogP contribution in [0.1, 0.15) is 0 Å². The first-order chi connectivity index (χ1) is 7.71. The van der Waals surface area contributed by atoms with Crippen LogP contribution in [0.15, 0.2) is 0 Å². The van der Waals surface area contributed by atoms with Crippen LogP contribution in [0, 0.1) is 0 Å². The smallest absolute Gasteiger partial charge is 1.00 e. The second-order valence-corrected chi connectivity index (χ2v) is 3.82. The van der Waals surface area contributed by atoms with E-state index in [0.717, 1.165) is 6.54 Å². The van der Waals surface area contributed by atoms with Crippen LogP contribution in [0.3, 0.4) is 0 Å². The minimum absolute atomic E-state index is 0. The number of hydrogen-bond donors (Lipinski definition) is 1. The Labute approximate surface area is 143 Å². The zero-order chi connectivity index (χ0) is 12.0. The van der Waals surface area contributed by atoms with Crippen molar-refractivity contribution in [1.29, 1.82) is 0 Å². The van der Waals surface area contributed by atoms with E-state index in [2.05, 4.69) is 15.5 Å². The molecule has 0 saturated carbocycles.